The number of aliphatic hydroxyl groups excluding tert-OH is 1. The third-order valence-corrected chi connectivity index (χ3v) is 2.96. The van der Waals surface area contributed by atoms with E-state index in [1.165, 1.54) is 0 Å². The maximum absolute atomic E-state index is 9.42. The Labute approximate surface area is 72.4 Å². The summed E-state index contributed by atoms with van der Waals surface area (Å²) in [5.41, 5.74) is 1.18. The summed E-state index contributed by atoms with van der Waals surface area (Å²) in [6, 6.07) is 0. The maximum Gasteiger partial charge on any atom is 0.232 e. The van der Waals surface area contributed by atoms with Crippen molar-refractivity contribution in [2.75, 3.05) is 0 Å². The highest BCUT2D eigenvalue weighted by Gasteiger charge is 2.43. The van der Waals surface area contributed by atoms with E-state index in [0.717, 1.165) is 25.0 Å². The predicted octanol–water partition coefficient (Wildman–Crippen LogP) is 1.52. The van der Waals surface area contributed by atoms with E-state index < -0.39 is 6.29 Å². The Balaban J connectivity index is 2.25. The number of rotatable bonds is 0. The van der Waals surface area contributed by atoms with Gasteiger partial charge in [0.25, 0.3) is 0 Å². The molecule has 3 heteroatoms. The summed E-state index contributed by atoms with van der Waals surface area (Å²) >= 11 is 0. The Bertz CT molecular complexity index is 223. The second kappa shape index (κ2) is 2.46. The number of hydrogen-bond acceptors (Lipinski definition) is 3. The van der Waals surface area contributed by atoms with E-state index in [1.54, 1.807) is 0 Å². The zero-order valence-corrected chi connectivity index (χ0v) is 7.58. The molecule has 0 amide bonds. The number of fused-ring (bicyclic) bond motifs is 1. The Morgan fingerprint density at radius 3 is 3.00 bits per heavy atom. The van der Waals surface area contributed by atoms with Crippen molar-refractivity contribution in [2.24, 2.45) is 16.5 Å². The third-order valence-electron chi connectivity index (χ3n) is 2.96. The first-order valence-electron chi connectivity index (χ1n) is 4.53. The van der Waals surface area contributed by atoms with Crippen LogP contribution in [0.3, 0.4) is 0 Å². The molecular formula is C9H15NO2. The zero-order chi connectivity index (χ0) is 8.77. The molecule has 3 nitrogen and oxygen atoms in total. The second-order valence-corrected chi connectivity index (χ2v) is 4.36. The van der Waals surface area contributed by atoms with Gasteiger partial charge in [0.2, 0.25) is 6.29 Å². The summed E-state index contributed by atoms with van der Waals surface area (Å²) in [5, 5.41) is 13.4. The van der Waals surface area contributed by atoms with E-state index in [4.69, 9.17) is 4.84 Å². The molecule has 0 unspecified atom stereocenters. The van der Waals surface area contributed by atoms with Crippen LogP contribution in [0.1, 0.15) is 33.1 Å². The molecule has 1 N–H and O–H groups in total. The van der Waals surface area contributed by atoms with Crippen molar-refractivity contribution < 1.29 is 9.94 Å². The smallest absolute Gasteiger partial charge is 0.232 e. The molecule has 0 aromatic carbocycles. The molecule has 0 aromatic rings. The summed E-state index contributed by atoms with van der Waals surface area (Å²) in [6.07, 6.45) is 2.65. The van der Waals surface area contributed by atoms with E-state index in [9.17, 15) is 5.11 Å². The lowest BCUT2D eigenvalue weighted by atomic mass is 9.70. The predicted molar refractivity (Wildman–Crippen MR) is 45.6 cm³/mol. The summed E-state index contributed by atoms with van der Waals surface area (Å²) < 4.78 is 0. The van der Waals surface area contributed by atoms with Crippen LogP contribution in [0.25, 0.3) is 0 Å². The fourth-order valence-electron chi connectivity index (χ4n) is 2.18. The molecule has 1 heterocycles. The lowest BCUT2D eigenvalue weighted by Gasteiger charge is -2.32. The number of nitrogens with zero attached hydrogens (tertiary/aromatic N) is 1. The van der Waals surface area contributed by atoms with Crippen LogP contribution in [0.5, 0.6) is 0 Å². The topological polar surface area (TPSA) is 41.8 Å². The number of hydrogen-bond donors (Lipinski definition) is 1. The van der Waals surface area contributed by atoms with Crippen molar-refractivity contribution in [1.29, 1.82) is 0 Å². The minimum absolute atomic E-state index is 0.125. The van der Waals surface area contributed by atoms with Gasteiger partial charge in [0.15, 0.2) is 0 Å². The van der Waals surface area contributed by atoms with Gasteiger partial charge in [0.05, 0.1) is 11.6 Å². The maximum atomic E-state index is 9.42. The molecule has 1 fully saturated rings. The molecular weight excluding hydrogens is 154 g/mol. The quantitative estimate of drug-likeness (QED) is 0.597. The van der Waals surface area contributed by atoms with Crippen LogP contribution in [-0.4, -0.2) is 17.1 Å². The summed E-state index contributed by atoms with van der Waals surface area (Å²) in [5.74, 6) is 0.161. The molecule has 2 atom stereocenters. The lowest BCUT2D eigenvalue weighted by Crippen LogP contribution is -2.37. The highest BCUT2D eigenvalue weighted by atomic mass is 16.7. The first-order chi connectivity index (χ1) is 5.61. The highest BCUT2D eigenvalue weighted by molar-refractivity contribution is 5.93. The molecule has 0 aromatic heterocycles. The van der Waals surface area contributed by atoms with E-state index in [1.807, 2.05) is 0 Å². The molecule has 1 saturated carbocycles. The molecule has 0 saturated heterocycles. The van der Waals surface area contributed by atoms with Crippen LogP contribution in [0.2, 0.25) is 0 Å². The highest BCUT2D eigenvalue weighted by Crippen LogP contribution is 2.40. The molecule has 0 bridgehead atoms. The van der Waals surface area contributed by atoms with Crippen molar-refractivity contribution in [2.45, 2.75) is 39.4 Å². The SMILES string of the molecule is CC1(C)CCC[C@@H]2C1=NO[C@H]2O. The second-order valence-electron chi connectivity index (χ2n) is 4.36. The van der Waals surface area contributed by atoms with Gasteiger partial charge in [-0.15, -0.1) is 0 Å². The number of aliphatic hydroxyl groups is 1. The van der Waals surface area contributed by atoms with Crippen molar-refractivity contribution in [1.82, 2.24) is 0 Å². The van der Waals surface area contributed by atoms with E-state index >= 15 is 0 Å². The largest absolute Gasteiger partial charge is 0.363 e. The van der Waals surface area contributed by atoms with Gasteiger partial charge in [-0.1, -0.05) is 25.4 Å². The van der Waals surface area contributed by atoms with Gasteiger partial charge < -0.3 is 9.94 Å². The third kappa shape index (κ3) is 1.04. The van der Waals surface area contributed by atoms with Crippen LogP contribution in [0.15, 0.2) is 5.16 Å². The molecule has 0 spiro atoms. The Morgan fingerprint density at radius 2 is 2.33 bits per heavy atom. The molecule has 68 valence electrons. The summed E-state index contributed by atoms with van der Waals surface area (Å²) in [7, 11) is 0. The molecule has 2 rings (SSSR count). The van der Waals surface area contributed by atoms with Gasteiger partial charge in [-0.2, -0.15) is 0 Å². The molecule has 0 radical (unpaired) electrons. The molecule has 2 aliphatic rings. The van der Waals surface area contributed by atoms with E-state index in [2.05, 4.69) is 19.0 Å². The Morgan fingerprint density at radius 1 is 1.58 bits per heavy atom. The summed E-state index contributed by atoms with van der Waals surface area (Å²) in [6.45, 7) is 4.33. The first-order valence-corrected chi connectivity index (χ1v) is 4.53. The van der Waals surface area contributed by atoms with Crippen LogP contribution in [0, 0.1) is 11.3 Å². The monoisotopic (exact) mass is 169 g/mol. The van der Waals surface area contributed by atoms with E-state index in [-0.39, 0.29) is 11.3 Å². The zero-order valence-electron chi connectivity index (χ0n) is 7.58. The van der Waals surface area contributed by atoms with Crippen molar-refractivity contribution in [3.8, 4) is 0 Å². The first kappa shape index (κ1) is 8.05. The average molecular weight is 169 g/mol. The fraction of sp³-hybridized carbons (Fsp3) is 0.889. The van der Waals surface area contributed by atoms with Crippen molar-refractivity contribution in [3.63, 3.8) is 0 Å². The van der Waals surface area contributed by atoms with Gasteiger partial charge in [-0.05, 0) is 12.8 Å². The number of oxime groups is 1. The van der Waals surface area contributed by atoms with Crippen molar-refractivity contribution >= 4 is 5.71 Å². The molecule has 1 aliphatic carbocycles. The molecule has 1 aliphatic heterocycles. The van der Waals surface area contributed by atoms with Gasteiger partial charge in [0, 0.05) is 5.41 Å². The normalized spacial score (nSPS) is 38.4. The Kier molecular flexibility index (Phi) is 1.65. The van der Waals surface area contributed by atoms with Crippen LogP contribution < -0.4 is 0 Å². The van der Waals surface area contributed by atoms with Crippen molar-refractivity contribution in [3.05, 3.63) is 0 Å². The standard InChI is InChI=1S/C9H15NO2/c1-9(2)5-3-4-6-7(9)10-12-8(6)11/h6,8,11H,3-5H2,1-2H3/t6-,8-/m1/s1. The van der Waals surface area contributed by atoms with Crippen LogP contribution >= 0.6 is 0 Å². The lowest BCUT2D eigenvalue weighted by molar-refractivity contribution is -0.101. The van der Waals surface area contributed by atoms with Gasteiger partial charge >= 0.3 is 0 Å². The molecule has 12 heavy (non-hydrogen) atoms. The minimum atomic E-state index is -0.681. The van der Waals surface area contributed by atoms with E-state index in [0.29, 0.717) is 0 Å². The minimum Gasteiger partial charge on any atom is -0.363 e. The van der Waals surface area contributed by atoms with Gasteiger partial charge in [-0.3, -0.25) is 0 Å². The van der Waals surface area contributed by atoms with Gasteiger partial charge in [-0.25, -0.2) is 0 Å². The van der Waals surface area contributed by atoms with Gasteiger partial charge in [0.1, 0.15) is 0 Å². The van der Waals surface area contributed by atoms with Crippen LogP contribution in [0.4, 0.5) is 0 Å². The Hall–Kier alpha value is -0.570. The summed E-state index contributed by atoms with van der Waals surface area (Å²) in [4.78, 5) is 4.88. The average Bonchev–Trinajstić information content (AvgIpc) is 2.33. The van der Waals surface area contributed by atoms with Crippen LogP contribution in [-0.2, 0) is 4.84 Å². The fourth-order valence-corrected chi connectivity index (χ4v) is 2.18.